The smallest absolute Gasteiger partial charge is 0.163 e. The molecule has 0 aliphatic carbocycles. The number of benzene rings is 4. The maximum atomic E-state index is 11.8. The highest BCUT2D eigenvalue weighted by Crippen LogP contribution is 2.26. The van der Waals surface area contributed by atoms with Crippen molar-refractivity contribution in [3.05, 3.63) is 138 Å². The van der Waals surface area contributed by atoms with Gasteiger partial charge in [0.25, 0.3) is 0 Å². The third-order valence-electron chi connectivity index (χ3n) is 6.43. The third-order valence-corrected chi connectivity index (χ3v) is 6.43. The quantitative estimate of drug-likeness (QED) is 0.0914. The van der Waals surface area contributed by atoms with E-state index in [9.17, 15) is 29.4 Å². The summed E-state index contributed by atoms with van der Waals surface area (Å²) in [4.78, 5) is 47.1. The van der Waals surface area contributed by atoms with E-state index in [0.29, 0.717) is 11.3 Å². The molecule has 0 aliphatic heterocycles. The molecule has 0 bridgehead atoms. The molecule has 0 aliphatic rings. The highest BCUT2D eigenvalue weighted by atomic mass is 16.5. The highest BCUT2D eigenvalue weighted by Gasteiger charge is 2.06. The molecule has 0 unspecified atom stereocenters. The van der Waals surface area contributed by atoms with Crippen LogP contribution in [0.1, 0.15) is 35.1 Å². The highest BCUT2D eigenvalue weighted by molar-refractivity contribution is 6.11. The van der Waals surface area contributed by atoms with Crippen molar-refractivity contribution in [3.63, 3.8) is 0 Å². The summed E-state index contributed by atoms with van der Waals surface area (Å²) in [6.45, 7) is 0. The zero-order valence-electron chi connectivity index (χ0n) is 26.0. The summed E-state index contributed by atoms with van der Waals surface area (Å²) in [5.41, 5.74) is 2.96. The first-order valence-electron chi connectivity index (χ1n) is 14.6. The minimum Gasteiger partial charge on any atom is -0.508 e. The van der Waals surface area contributed by atoms with Gasteiger partial charge < -0.3 is 25.2 Å². The Morgan fingerprint density at radius 2 is 0.771 bits per heavy atom. The topological polar surface area (TPSA) is 158 Å². The summed E-state index contributed by atoms with van der Waals surface area (Å²) in [6.07, 6.45) is 11.2. The number of ketones is 4. The Kier molecular flexibility index (Phi) is 13.9. The number of phenolic OH excluding ortho intramolecular Hbond substituents is 4. The molecule has 0 spiro atoms. The number of rotatable bonds is 13. The minimum atomic E-state index is -0.326. The van der Waals surface area contributed by atoms with Crippen molar-refractivity contribution < 1.29 is 44.3 Å². The monoisotopic (exact) mass is 646 g/mol. The van der Waals surface area contributed by atoms with E-state index in [1.54, 1.807) is 72.8 Å². The Hall–Kier alpha value is -6.48. The molecule has 0 amide bonds. The SMILES string of the molecule is COc1cc(/C=C/C(=O)CC(=O)/C=C/c2ccc(O)cc2)ccc1O.O=C(/C=C/c1ccc(O)cc1)CC(=O)/C=C/c1ccc(O)cc1. The zero-order chi connectivity index (χ0) is 34.9. The second kappa shape index (κ2) is 18.5. The maximum Gasteiger partial charge on any atom is 0.163 e. The van der Waals surface area contributed by atoms with Crippen LogP contribution in [-0.4, -0.2) is 50.7 Å². The van der Waals surface area contributed by atoms with Crippen molar-refractivity contribution in [2.24, 2.45) is 0 Å². The van der Waals surface area contributed by atoms with Gasteiger partial charge in [0.2, 0.25) is 0 Å². The zero-order valence-corrected chi connectivity index (χ0v) is 26.0. The van der Waals surface area contributed by atoms with Gasteiger partial charge in [-0.2, -0.15) is 0 Å². The van der Waals surface area contributed by atoms with Gasteiger partial charge in [-0.3, -0.25) is 19.2 Å². The molecule has 0 aromatic heterocycles. The number of phenols is 4. The van der Waals surface area contributed by atoms with Crippen molar-refractivity contribution in [2.45, 2.75) is 12.8 Å². The Morgan fingerprint density at radius 1 is 0.479 bits per heavy atom. The van der Waals surface area contributed by atoms with Crippen molar-refractivity contribution >= 4 is 47.4 Å². The summed E-state index contributed by atoms with van der Waals surface area (Å²) in [6, 6.07) is 23.8. The van der Waals surface area contributed by atoms with E-state index in [2.05, 4.69) is 0 Å². The normalized spacial score (nSPS) is 11.1. The molecule has 4 rings (SSSR count). The molecule has 4 aromatic rings. The van der Waals surface area contributed by atoms with E-state index in [0.717, 1.165) is 16.7 Å². The molecule has 48 heavy (non-hydrogen) atoms. The van der Waals surface area contributed by atoms with Crippen LogP contribution in [0.5, 0.6) is 28.7 Å². The molecule has 0 atom stereocenters. The molecule has 9 nitrogen and oxygen atoms in total. The summed E-state index contributed by atoms with van der Waals surface area (Å²) >= 11 is 0. The number of hydrogen-bond acceptors (Lipinski definition) is 9. The van der Waals surface area contributed by atoms with E-state index < -0.39 is 0 Å². The Bertz CT molecular complexity index is 1760. The first-order valence-corrected chi connectivity index (χ1v) is 14.6. The van der Waals surface area contributed by atoms with Crippen molar-refractivity contribution in [1.82, 2.24) is 0 Å². The number of hydrogen-bond donors (Lipinski definition) is 4. The predicted octanol–water partition coefficient (Wildman–Crippen LogP) is 6.71. The summed E-state index contributed by atoms with van der Waals surface area (Å²) < 4.78 is 4.99. The third kappa shape index (κ3) is 13.3. The van der Waals surface area contributed by atoms with E-state index in [-0.39, 0.29) is 59.0 Å². The lowest BCUT2D eigenvalue weighted by Gasteiger charge is -2.03. The van der Waals surface area contributed by atoms with Crippen molar-refractivity contribution in [1.29, 1.82) is 0 Å². The van der Waals surface area contributed by atoms with Gasteiger partial charge >= 0.3 is 0 Å². The molecular weight excluding hydrogens is 612 g/mol. The number of allylic oxidation sites excluding steroid dienone is 4. The predicted molar refractivity (Wildman–Crippen MR) is 184 cm³/mol. The second-order valence-corrected chi connectivity index (χ2v) is 10.3. The first-order chi connectivity index (χ1) is 23.0. The number of methoxy groups -OCH3 is 1. The summed E-state index contributed by atoms with van der Waals surface area (Å²) in [7, 11) is 1.44. The van der Waals surface area contributed by atoms with E-state index in [1.165, 1.54) is 73.9 Å². The molecule has 4 aromatic carbocycles. The molecule has 4 N–H and O–H groups in total. The van der Waals surface area contributed by atoms with Gasteiger partial charge in [0.1, 0.15) is 17.2 Å². The molecule has 0 saturated carbocycles. The van der Waals surface area contributed by atoms with Gasteiger partial charge in [-0.1, -0.05) is 66.8 Å². The molecular formula is C39H34O9. The first kappa shape index (κ1) is 36.0. The number of carbonyl (C=O) groups is 4. The lowest BCUT2D eigenvalue weighted by atomic mass is 10.1. The second-order valence-electron chi connectivity index (χ2n) is 10.3. The van der Waals surface area contributed by atoms with Crippen LogP contribution in [0.3, 0.4) is 0 Å². The van der Waals surface area contributed by atoms with E-state index in [4.69, 9.17) is 14.9 Å². The largest absolute Gasteiger partial charge is 0.508 e. The van der Waals surface area contributed by atoms with Crippen LogP contribution in [0, 0.1) is 0 Å². The van der Waals surface area contributed by atoms with Crippen molar-refractivity contribution in [2.75, 3.05) is 7.11 Å². The number of ether oxygens (including phenoxy) is 1. The molecule has 0 heterocycles. The fraction of sp³-hybridized carbons (Fsp3) is 0.0769. The summed E-state index contributed by atoms with van der Waals surface area (Å²) in [5.74, 6) is -0.445. The Labute approximate surface area is 277 Å². The van der Waals surface area contributed by atoms with Gasteiger partial charge in [0, 0.05) is 0 Å². The fourth-order valence-corrected chi connectivity index (χ4v) is 3.89. The van der Waals surface area contributed by atoms with Gasteiger partial charge in [-0.25, -0.2) is 0 Å². The van der Waals surface area contributed by atoms with Crippen LogP contribution >= 0.6 is 0 Å². The van der Waals surface area contributed by atoms with Crippen LogP contribution in [-0.2, 0) is 19.2 Å². The lowest BCUT2D eigenvalue weighted by Crippen LogP contribution is -2.01. The molecule has 0 fully saturated rings. The van der Waals surface area contributed by atoms with Crippen LogP contribution in [0.15, 0.2) is 115 Å². The standard InChI is InChI=1S/C20H18O5.C19H16O4/c1-25-20-12-15(6-11-19(20)24)5-10-18(23)13-17(22)9-4-14-2-7-16(21)8-3-14;20-16-7-1-14(2-8-16)5-11-18(22)13-19(23)12-6-15-3-9-17(21)10-4-15/h2-12,21,24H,13H2,1H3;1-12,20-21H,13H2/b9-4+,10-5+;11-5+,12-6+. The lowest BCUT2D eigenvalue weighted by molar-refractivity contribution is -0.123. The maximum absolute atomic E-state index is 11.8. The number of aromatic hydroxyl groups is 4. The van der Waals surface area contributed by atoms with Gasteiger partial charge in [-0.15, -0.1) is 0 Å². The molecule has 0 radical (unpaired) electrons. The summed E-state index contributed by atoms with van der Waals surface area (Å²) in [5, 5.41) is 37.0. The molecule has 9 heteroatoms. The van der Waals surface area contributed by atoms with Crippen LogP contribution in [0.25, 0.3) is 24.3 Å². The Morgan fingerprint density at radius 3 is 1.08 bits per heavy atom. The van der Waals surface area contributed by atoms with Crippen molar-refractivity contribution in [3.8, 4) is 28.7 Å². The van der Waals surface area contributed by atoms with Gasteiger partial charge in [0.05, 0.1) is 20.0 Å². The average Bonchev–Trinajstić information content (AvgIpc) is 3.07. The van der Waals surface area contributed by atoms with E-state index >= 15 is 0 Å². The van der Waals surface area contributed by atoms with E-state index in [1.807, 2.05) is 0 Å². The molecule has 0 saturated heterocycles. The molecule has 244 valence electrons. The minimum absolute atomic E-state index is 0.0144. The number of carbonyl (C=O) groups excluding carboxylic acids is 4. The van der Waals surface area contributed by atoms with Gasteiger partial charge in [-0.05, 0) is 95.1 Å². The Balaban J connectivity index is 0.000000261. The van der Waals surface area contributed by atoms with Gasteiger partial charge in [0.15, 0.2) is 34.6 Å². The van der Waals surface area contributed by atoms with Crippen LogP contribution < -0.4 is 4.74 Å². The van der Waals surface area contributed by atoms with Crippen LogP contribution in [0.2, 0.25) is 0 Å². The van der Waals surface area contributed by atoms with Crippen LogP contribution in [0.4, 0.5) is 0 Å². The average molecular weight is 647 g/mol. The fourth-order valence-electron chi connectivity index (χ4n) is 3.89.